The Morgan fingerprint density at radius 1 is 1.21 bits per heavy atom. The van der Waals surface area contributed by atoms with Crippen molar-refractivity contribution in [2.45, 2.75) is 55.9 Å². The first-order valence-electron chi connectivity index (χ1n) is 15.5. The number of alkyl halides is 1. The molecule has 5 atom stereocenters. The molecule has 15 heteroatoms. The average molecular weight is 597 g/mol. The molecule has 0 saturated heterocycles. The van der Waals surface area contributed by atoms with Gasteiger partial charge in [0.2, 0.25) is 11.8 Å². The number of hydrogen-bond acceptors (Lipinski definition) is 9. The Labute approximate surface area is 248 Å². The van der Waals surface area contributed by atoms with Gasteiger partial charge in [0.15, 0.2) is 5.65 Å². The van der Waals surface area contributed by atoms with Gasteiger partial charge in [0.1, 0.15) is 23.3 Å². The monoisotopic (exact) mass is 596 g/mol. The van der Waals surface area contributed by atoms with Crippen molar-refractivity contribution in [2.24, 2.45) is 24.5 Å². The number of aromatic nitrogens is 6. The number of pyridine rings is 2. The second-order valence-electron chi connectivity index (χ2n) is 11.5. The highest BCUT2D eigenvalue weighted by atomic mass is 19.1. The van der Waals surface area contributed by atoms with E-state index in [9.17, 15) is 14.4 Å². The zero-order valence-electron chi connectivity index (χ0n) is 26.4. The minimum absolute atomic E-state index is 0.0124. The number of aryl methyl sites for hydroxylation is 1. The van der Waals surface area contributed by atoms with Crippen LogP contribution in [0.5, 0.6) is 5.88 Å². The van der Waals surface area contributed by atoms with Crippen LogP contribution in [0.4, 0.5) is 20.8 Å². The number of hydrogen-bond donors (Lipinski definition) is 3. The van der Waals surface area contributed by atoms with E-state index in [2.05, 4.69) is 25.5 Å². The SMILES string of the molecule is [2H]C([2H])([2H])n1c(=O)n(C2CC(NC(=O)OC)CC2F)c2cc(Nc3ccc4c(OC)nn(C5(C(N)=O)CC5C5CC5)c4n3)ncc21. The lowest BCUT2D eigenvalue weighted by atomic mass is 10.1. The van der Waals surface area contributed by atoms with Gasteiger partial charge < -0.3 is 25.8 Å². The molecule has 4 N–H and O–H groups in total. The van der Waals surface area contributed by atoms with Gasteiger partial charge >= 0.3 is 11.8 Å². The number of fused-ring (bicyclic) bond motifs is 2. The summed E-state index contributed by atoms with van der Waals surface area (Å²) in [5, 5.41) is 10.8. The van der Waals surface area contributed by atoms with Crippen LogP contribution < -0.4 is 26.8 Å². The van der Waals surface area contributed by atoms with E-state index in [0.717, 1.165) is 17.4 Å². The first-order chi connectivity index (χ1) is 21.9. The number of imidazole rings is 1. The van der Waals surface area contributed by atoms with E-state index in [-0.39, 0.29) is 35.6 Å². The Kier molecular flexibility index (Phi) is 5.36. The van der Waals surface area contributed by atoms with Crippen molar-refractivity contribution in [3.05, 3.63) is 34.9 Å². The highest BCUT2D eigenvalue weighted by Crippen LogP contribution is 2.61. The van der Waals surface area contributed by atoms with Crippen LogP contribution in [0, 0.1) is 11.8 Å². The maximum absolute atomic E-state index is 15.4. The Balaban J connectivity index is 1.28. The normalized spacial score (nSPS) is 27.8. The number of carbonyl (C=O) groups is 2. The molecule has 3 aliphatic carbocycles. The van der Waals surface area contributed by atoms with Crippen LogP contribution in [0.25, 0.3) is 22.1 Å². The van der Waals surface area contributed by atoms with Crippen LogP contribution in [0.1, 0.15) is 42.3 Å². The number of anilines is 2. The molecule has 0 spiro atoms. The van der Waals surface area contributed by atoms with Gasteiger partial charge in [0, 0.05) is 29.6 Å². The molecule has 3 aliphatic rings. The second-order valence-corrected chi connectivity index (χ2v) is 11.5. The number of ether oxygens (including phenoxy) is 2. The maximum Gasteiger partial charge on any atom is 0.407 e. The summed E-state index contributed by atoms with van der Waals surface area (Å²) in [7, 11) is 2.67. The fraction of sp³-hybridized carbons (Fsp3) is 0.500. The smallest absolute Gasteiger partial charge is 0.407 e. The fourth-order valence-electron chi connectivity index (χ4n) is 6.64. The van der Waals surface area contributed by atoms with Crippen LogP contribution in [-0.4, -0.2) is 67.3 Å². The molecule has 4 aromatic heterocycles. The minimum Gasteiger partial charge on any atom is -0.479 e. The summed E-state index contributed by atoms with van der Waals surface area (Å²) in [6.45, 7) is -2.87. The van der Waals surface area contributed by atoms with Crippen molar-refractivity contribution in [3.63, 3.8) is 0 Å². The van der Waals surface area contributed by atoms with Crippen LogP contribution in [-0.2, 0) is 22.0 Å². The van der Waals surface area contributed by atoms with Crippen molar-refractivity contribution in [3.8, 4) is 5.88 Å². The molecule has 14 nitrogen and oxygen atoms in total. The third-order valence-electron chi connectivity index (χ3n) is 8.98. The number of amides is 2. The molecule has 0 aromatic carbocycles. The van der Waals surface area contributed by atoms with Gasteiger partial charge in [-0.25, -0.2) is 28.6 Å². The standard InChI is InChI=1S/C28H32FN9O5/c1-36-20-12-31-22(10-19(20)37(27(36)41)18-9-14(8-17(18)29)32-26(40)43-3)33-21-7-6-15-23(34-21)38(35-24(15)42-2)28(25(30)39)11-16(28)13-4-5-13/h6-7,10,12-14,16-18H,4-5,8-9,11H2,1-3H3,(H2,30,39)(H,32,40)(H,31,33,34)/i1D3. The van der Waals surface area contributed by atoms with Gasteiger partial charge in [-0.2, -0.15) is 0 Å². The number of nitrogens with two attached hydrogens (primary N) is 1. The summed E-state index contributed by atoms with van der Waals surface area (Å²) in [5.74, 6) is 0.785. The number of primary amides is 1. The number of nitrogens with zero attached hydrogens (tertiary/aromatic N) is 6. The van der Waals surface area contributed by atoms with Gasteiger partial charge in [0.25, 0.3) is 0 Å². The van der Waals surface area contributed by atoms with E-state index >= 15 is 4.39 Å². The summed E-state index contributed by atoms with van der Waals surface area (Å²) < 4.78 is 52.7. The van der Waals surface area contributed by atoms with Crippen LogP contribution in [0.2, 0.25) is 0 Å². The topological polar surface area (TPSA) is 173 Å². The number of rotatable bonds is 8. The van der Waals surface area contributed by atoms with E-state index in [1.807, 2.05) is 0 Å². The van der Waals surface area contributed by atoms with Crippen molar-refractivity contribution in [1.29, 1.82) is 0 Å². The largest absolute Gasteiger partial charge is 0.479 e. The number of carbonyl (C=O) groups excluding carboxylic acids is 2. The van der Waals surface area contributed by atoms with Gasteiger partial charge in [-0.3, -0.25) is 13.9 Å². The number of nitrogens with one attached hydrogen (secondary N) is 2. The van der Waals surface area contributed by atoms with Crippen molar-refractivity contribution in [2.75, 3.05) is 19.5 Å². The third kappa shape index (κ3) is 4.19. The summed E-state index contributed by atoms with van der Waals surface area (Å²) in [5.41, 5.74) is 4.49. The molecule has 4 aromatic rings. The first kappa shape index (κ1) is 23.8. The summed E-state index contributed by atoms with van der Waals surface area (Å²) >= 11 is 0. The predicted molar refractivity (Wildman–Crippen MR) is 153 cm³/mol. The van der Waals surface area contributed by atoms with E-state index < -0.39 is 48.5 Å². The molecule has 2 amide bonds. The summed E-state index contributed by atoms with van der Waals surface area (Å²) in [4.78, 5) is 47.1. The Morgan fingerprint density at radius 3 is 2.72 bits per heavy atom. The Morgan fingerprint density at radius 2 is 2.02 bits per heavy atom. The zero-order chi connectivity index (χ0) is 32.7. The molecule has 0 bridgehead atoms. The maximum atomic E-state index is 15.4. The van der Waals surface area contributed by atoms with Crippen LogP contribution >= 0.6 is 0 Å². The molecule has 226 valence electrons. The van der Waals surface area contributed by atoms with Crippen LogP contribution in [0.15, 0.2) is 29.2 Å². The molecular formula is C28H32FN9O5. The molecule has 5 unspecified atom stereocenters. The number of alkyl carbamates (subject to hydrolysis) is 1. The molecule has 3 saturated carbocycles. The Bertz CT molecular complexity index is 1950. The predicted octanol–water partition coefficient (Wildman–Crippen LogP) is 2.24. The van der Waals surface area contributed by atoms with Crippen molar-refractivity contribution < 1.29 is 27.6 Å². The van der Waals surface area contributed by atoms with E-state index in [1.54, 1.807) is 16.8 Å². The van der Waals surface area contributed by atoms with Crippen molar-refractivity contribution in [1.82, 2.24) is 34.2 Å². The molecule has 4 heterocycles. The minimum atomic E-state index is -2.87. The summed E-state index contributed by atoms with van der Waals surface area (Å²) in [6, 6.07) is 3.15. The molecule has 7 rings (SSSR count). The van der Waals surface area contributed by atoms with Gasteiger partial charge in [-0.05, 0) is 49.7 Å². The molecular weight excluding hydrogens is 561 g/mol. The van der Waals surface area contributed by atoms with E-state index in [1.165, 1.54) is 26.5 Å². The molecule has 3 fully saturated rings. The van der Waals surface area contributed by atoms with Crippen molar-refractivity contribution >= 4 is 45.7 Å². The lowest BCUT2D eigenvalue weighted by Gasteiger charge is -2.16. The zero-order valence-corrected chi connectivity index (χ0v) is 23.4. The quantitative estimate of drug-likeness (QED) is 0.276. The number of halogens is 1. The summed E-state index contributed by atoms with van der Waals surface area (Å²) in [6.07, 6.45) is 1.52. The highest BCUT2D eigenvalue weighted by molar-refractivity contribution is 5.91. The van der Waals surface area contributed by atoms with Crippen LogP contribution in [0.3, 0.4) is 0 Å². The fourth-order valence-corrected chi connectivity index (χ4v) is 6.64. The average Bonchev–Trinajstić information content (AvgIpc) is 3.88. The molecule has 43 heavy (non-hydrogen) atoms. The number of methoxy groups -OCH3 is 2. The van der Waals surface area contributed by atoms with Gasteiger partial charge in [0.05, 0.1) is 42.9 Å². The lowest BCUT2D eigenvalue weighted by Crippen LogP contribution is -2.37. The van der Waals surface area contributed by atoms with Gasteiger partial charge in [-0.15, -0.1) is 5.10 Å². The van der Waals surface area contributed by atoms with E-state index in [4.69, 9.17) is 19.6 Å². The lowest BCUT2D eigenvalue weighted by molar-refractivity contribution is -0.123. The molecule has 0 aliphatic heterocycles. The van der Waals surface area contributed by atoms with Gasteiger partial charge in [-0.1, -0.05) is 0 Å². The highest BCUT2D eigenvalue weighted by Gasteiger charge is 2.67. The third-order valence-corrected chi connectivity index (χ3v) is 8.98. The van der Waals surface area contributed by atoms with E-state index in [0.29, 0.717) is 39.6 Å². The Hall–Kier alpha value is -4.69. The first-order valence-corrected chi connectivity index (χ1v) is 14.0. The second kappa shape index (κ2) is 9.67. The molecule has 0 radical (unpaired) electrons.